The van der Waals surface area contributed by atoms with Crippen LogP contribution >= 0.6 is 0 Å². The van der Waals surface area contributed by atoms with E-state index < -0.39 is 6.10 Å². The molecule has 9 heteroatoms. The maximum Gasteiger partial charge on any atom is 0.224 e. The number of aromatic nitrogens is 4. The van der Waals surface area contributed by atoms with Gasteiger partial charge in [0.25, 0.3) is 0 Å². The molecule has 0 aliphatic carbocycles. The maximum absolute atomic E-state index is 13.9. The van der Waals surface area contributed by atoms with E-state index in [0.29, 0.717) is 30.6 Å². The van der Waals surface area contributed by atoms with E-state index in [4.69, 9.17) is 4.74 Å². The van der Waals surface area contributed by atoms with Crippen molar-refractivity contribution in [1.29, 1.82) is 0 Å². The first-order chi connectivity index (χ1) is 15.6. The number of carbonyl (C=O) groups excluding carboxylic acids is 1. The number of pyridine rings is 1. The van der Waals surface area contributed by atoms with Crippen molar-refractivity contribution in [2.75, 3.05) is 6.61 Å². The number of aryl methyl sites for hydroxylation is 1. The zero-order chi connectivity index (χ0) is 22.3. The van der Waals surface area contributed by atoms with Crippen LogP contribution in [0.4, 0.5) is 4.39 Å². The standard InChI is InChI=1S/C23H26FN5O3/c24-19-6-2-1-5-18(19)21-14-29(28-27-21)11-9-17-7-8-20(22(15-30)32-17)26-23(31)12-16-4-3-10-25-13-16/h1-6,10,13-14,17,20,22,30H,7-9,11-12,15H2,(H,26,31)/t17-,20+,22-/m0/s1. The molecule has 2 aromatic heterocycles. The second-order valence-electron chi connectivity index (χ2n) is 7.90. The van der Waals surface area contributed by atoms with E-state index in [1.807, 2.05) is 6.07 Å². The minimum Gasteiger partial charge on any atom is -0.394 e. The molecule has 4 rings (SSSR count). The number of carbonyl (C=O) groups is 1. The highest BCUT2D eigenvalue weighted by Gasteiger charge is 2.31. The molecule has 168 valence electrons. The van der Waals surface area contributed by atoms with Gasteiger partial charge in [0.1, 0.15) is 17.6 Å². The second kappa shape index (κ2) is 10.4. The van der Waals surface area contributed by atoms with Crippen molar-refractivity contribution in [2.45, 2.75) is 50.5 Å². The van der Waals surface area contributed by atoms with Gasteiger partial charge in [-0.25, -0.2) is 4.39 Å². The van der Waals surface area contributed by atoms with Crippen LogP contribution in [0.15, 0.2) is 55.0 Å². The largest absolute Gasteiger partial charge is 0.394 e. The van der Waals surface area contributed by atoms with Crippen LogP contribution in [0.25, 0.3) is 11.3 Å². The van der Waals surface area contributed by atoms with Gasteiger partial charge in [0, 0.05) is 24.5 Å². The first-order valence-corrected chi connectivity index (χ1v) is 10.7. The number of benzene rings is 1. The highest BCUT2D eigenvalue weighted by Crippen LogP contribution is 2.23. The summed E-state index contributed by atoms with van der Waals surface area (Å²) in [5.74, 6) is -0.454. The van der Waals surface area contributed by atoms with Gasteiger partial charge in [-0.1, -0.05) is 23.4 Å². The van der Waals surface area contributed by atoms with Crippen LogP contribution in [0.3, 0.4) is 0 Å². The average molecular weight is 439 g/mol. The second-order valence-corrected chi connectivity index (χ2v) is 7.90. The Labute approximate surface area is 185 Å². The highest BCUT2D eigenvalue weighted by atomic mass is 19.1. The molecule has 0 saturated carbocycles. The van der Waals surface area contributed by atoms with Crippen LogP contribution in [-0.2, 0) is 22.5 Å². The van der Waals surface area contributed by atoms with Crippen LogP contribution in [0.2, 0.25) is 0 Å². The lowest BCUT2D eigenvalue weighted by molar-refractivity contribution is -0.128. The third-order valence-corrected chi connectivity index (χ3v) is 5.60. The molecule has 1 saturated heterocycles. The topological polar surface area (TPSA) is 102 Å². The van der Waals surface area contributed by atoms with Gasteiger partial charge in [0.2, 0.25) is 5.91 Å². The van der Waals surface area contributed by atoms with E-state index >= 15 is 0 Å². The fraction of sp³-hybridized carbons (Fsp3) is 0.391. The van der Waals surface area contributed by atoms with Gasteiger partial charge in [-0.3, -0.25) is 14.5 Å². The normalized spacial score (nSPS) is 20.8. The Morgan fingerprint density at radius 3 is 2.91 bits per heavy atom. The van der Waals surface area contributed by atoms with E-state index in [1.54, 1.807) is 47.5 Å². The van der Waals surface area contributed by atoms with Crippen LogP contribution in [0.1, 0.15) is 24.8 Å². The zero-order valence-corrected chi connectivity index (χ0v) is 17.6. The summed E-state index contributed by atoms with van der Waals surface area (Å²) in [5, 5.41) is 20.9. The first-order valence-electron chi connectivity index (χ1n) is 10.7. The average Bonchev–Trinajstić information content (AvgIpc) is 3.28. The van der Waals surface area contributed by atoms with E-state index in [1.165, 1.54) is 6.07 Å². The quantitative estimate of drug-likeness (QED) is 0.558. The van der Waals surface area contributed by atoms with Crippen molar-refractivity contribution in [2.24, 2.45) is 0 Å². The molecule has 1 aromatic carbocycles. The summed E-state index contributed by atoms with van der Waals surface area (Å²) in [5.41, 5.74) is 1.73. The van der Waals surface area contributed by atoms with Gasteiger partial charge in [0.05, 0.1) is 31.4 Å². The van der Waals surface area contributed by atoms with Gasteiger partial charge in [-0.05, 0) is 43.0 Å². The van der Waals surface area contributed by atoms with Gasteiger partial charge in [-0.2, -0.15) is 0 Å². The van der Waals surface area contributed by atoms with Crippen LogP contribution in [0, 0.1) is 5.82 Å². The maximum atomic E-state index is 13.9. The number of nitrogens with zero attached hydrogens (tertiary/aromatic N) is 4. The van der Waals surface area contributed by atoms with E-state index in [2.05, 4.69) is 20.6 Å². The number of halogens is 1. The number of aliphatic hydroxyl groups excluding tert-OH is 1. The Hall–Kier alpha value is -3.17. The number of aliphatic hydroxyl groups is 1. The molecular formula is C23H26FN5O3. The molecule has 32 heavy (non-hydrogen) atoms. The number of rotatable bonds is 8. The Bertz CT molecular complexity index is 1030. The van der Waals surface area contributed by atoms with Crippen molar-refractivity contribution < 1.29 is 19.0 Å². The van der Waals surface area contributed by atoms with E-state index in [-0.39, 0.29) is 36.9 Å². The lowest BCUT2D eigenvalue weighted by Gasteiger charge is -2.36. The summed E-state index contributed by atoms with van der Waals surface area (Å²) in [6, 6.07) is 9.87. The minimum atomic E-state index is -0.462. The molecule has 1 fully saturated rings. The van der Waals surface area contributed by atoms with Gasteiger partial charge < -0.3 is 15.2 Å². The number of hydrogen-bond donors (Lipinski definition) is 2. The Morgan fingerprint density at radius 1 is 1.25 bits per heavy atom. The van der Waals surface area contributed by atoms with Gasteiger partial charge >= 0.3 is 0 Å². The monoisotopic (exact) mass is 439 g/mol. The minimum absolute atomic E-state index is 0.0697. The van der Waals surface area contributed by atoms with Crippen LogP contribution < -0.4 is 5.32 Å². The van der Waals surface area contributed by atoms with Crippen LogP contribution in [-0.4, -0.2) is 55.8 Å². The highest BCUT2D eigenvalue weighted by molar-refractivity contribution is 5.78. The third-order valence-electron chi connectivity index (χ3n) is 5.60. The Kier molecular flexibility index (Phi) is 7.18. The van der Waals surface area contributed by atoms with Gasteiger partial charge in [0.15, 0.2) is 0 Å². The molecule has 3 aromatic rings. The summed E-state index contributed by atoms with van der Waals surface area (Å²) < 4.78 is 21.6. The Balaban J connectivity index is 1.27. The molecule has 0 radical (unpaired) electrons. The molecule has 1 aliphatic rings. The van der Waals surface area contributed by atoms with Gasteiger partial charge in [-0.15, -0.1) is 5.10 Å². The summed E-state index contributed by atoms with van der Waals surface area (Å²) in [6.45, 7) is 0.386. The molecule has 2 N–H and O–H groups in total. The molecule has 0 unspecified atom stereocenters. The number of nitrogens with one attached hydrogen (secondary N) is 1. The molecule has 3 atom stereocenters. The zero-order valence-electron chi connectivity index (χ0n) is 17.6. The summed E-state index contributed by atoms with van der Waals surface area (Å²) in [4.78, 5) is 16.4. The SMILES string of the molecule is O=C(Cc1cccnc1)N[C@@H]1CC[C@@H](CCn2cc(-c3ccccc3F)nn2)O[C@H]1CO. The number of ether oxygens (including phenoxy) is 1. The number of hydrogen-bond acceptors (Lipinski definition) is 6. The molecule has 8 nitrogen and oxygen atoms in total. The molecule has 1 aliphatic heterocycles. The third kappa shape index (κ3) is 5.54. The fourth-order valence-electron chi connectivity index (χ4n) is 3.93. The molecule has 0 bridgehead atoms. The van der Waals surface area contributed by atoms with Crippen molar-refractivity contribution in [3.8, 4) is 11.3 Å². The summed E-state index contributed by atoms with van der Waals surface area (Å²) in [7, 11) is 0. The fourth-order valence-corrected chi connectivity index (χ4v) is 3.93. The van der Waals surface area contributed by atoms with Crippen molar-refractivity contribution in [1.82, 2.24) is 25.3 Å². The lowest BCUT2D eigenvalue weighted by Crippen LogP contribution is -2.51. The van der Waals surface area contributed by atoms with E-state index in [0.717, 1.165) is 12.0 Å². The predicted molar refractivity (Wildman–Crippen MR) is 115 cm³/mol. The molecule has 1 amide bonds. The van der Waals surface area contributed by atoms with Crippen LogP contribution in [0.5, 0.6) is 0 Å². The summed E-state index contributed by atoms with van der Waals surface area (Å²) in [6.07, 6.45) is 6.89. The smallest absolute Gasteiger partial charge is 0.224 e. The summed E-state index contributed by atoms with van der Waals surface area (Å²) >= 11 is 0. The molecule has 3 heterocycles. The lowest BCUT2D eigenvalue weighted by atomic mass is 9.97. The molecular weight excluding hydrogens is 413 g/mol. The van der Waals surface area contributed by atoms with E-state index in [9.17, 15) is 14.3 Å². The predicted octanol–water partition coefficient (Wildman–Crippen LogP) is 2.14. The number of amides is 1. The Morgan fingerprint density at radius 2 is 2.12 bits per heavy atom. The van der Waals surface area contributed by atoms with Crippen molar-refractivity contribution in [3.63, 3.8) is 0 Å². The first kappa shape index (κ1) is 22.0. The van der Waals surface area contributed by atoms with Crippen molar-refractivity contribution >= 4 is 5.91 Å². The molecule has 0 spiro atoms. The van der Waals surface area contributed by atoms with Crippen molar-refractivity contribution in [3.05, 3.63) is 66.4 Å².